The maximum Gasteiger partial charge on any atom is 0.241 e. The third kappa shape index (κ3) is 2.33. The Labute approximate surface area is 60.6 Å². The van der Waals surface area contributed by atoms with Gasteiger partial charge in [0.1, 0.15) is 6.04 Å². The van der Waals surface area contributed by atoms with E-state index in [-0.39, 0.29) is 12.5 Å². The lowest BCUT2D eigenvalue weighted by atomic mass is 10.3. The summed E-state index contributed by atoms with van der Waals surface area (Å²) >= 11 is 0. The molecule has 1 unspecified atom stereocenters. The van der Waals surface area contributed by atoms with Crippen molar-refractivity contribution in [2.45, 2.75) is 13.0 Å². The highest BCUT2D eigenvalue weighted by Crippen LogP contribution is 1.87. The van der Waals surface area contributed by atoms with E-state index < -0.39 is 6.04 Å². The molecule has 0 heterocycles. The average Bonchev–Trinajstić information content (AvgIpc) is 2.00. The normalized spacial score (nSPS) is 12.8. The molecule has 0 aromatic heterocycles. The van der Waals surface area contributed by atoms with Gasteiger partial charge >= 0.3 is 0 Å². The van der Waals surface area contributed by atoms with Crippen molar-refractivity contribution >= 4 is 5.91 Å². The van der Waals surface area contributed by atoms with Crippen LogP contribution in [-0.4, -0.2) is 42.2 Å². The SMILES string of the molecule is CCN(C)C(=O)C(N)CO. The molecule has 3 N–H and O–H groups in total. The summed E-state index contributed by atoms with van der Waals surface area (Å²) < 4.78 is 0. The molecule has 0 aromatic rings. The summed E-state index contributed by atoms with van der Waals surface area (Å²) in [5, 5.41) is 8.48. The first-order chi connectivity index (χ1) is 4.63. The van der Waals surface area contributed by atoms with Crippen molar-refractivity contribution in [2.75, 3.05) is 20.2 Å². The van der Waals surface area contributed by atoms with Gasteiger partial charge in [-0.15, -0.1) is 0 Å². The first kappa shape index (κ1) is 9.39. The molecule has 0 aliphatic carbocycles. The predicted octanol–water partition coefficient (Wildman–Crippen LogP) is -1.22. The lowest BCUT2D eigenvalue weighted by molar-refractivity contribution is -0.131. The Balaban J connectivity index is 3.82. The summed E-state index contributed by atoms with van der Waals surface area (Å²) in [6.07, 6.45) is 0. The molecule has 0 radical (unpaired) electrons. The number of nitrogens with zero attached hydrogens (tertiary/aromatic N) is 1. The van der Waals surface area contributed by atoms with Crippen LogP contribution < -0.4 is 5.73 Å². The topological polar surface area (TPSA) is 66.6 Å². The molecule has 1 atom stereocenters. The van der Waals surface area contributed by atoms with Crippen molar-refractivity contribution in [1.82, 2.24) is 4.90 Å². The Kier molecular flexibility index (Phi) is 3.99. The fourth-order valence-corrected chi connectivity index (χ4v) is 0.517. The zero-order valence-corrected chi connectivity index (χ0v) is 6.37. The van der Waals surface area contributed by atoms with Gasteiger partial charge in [0, 0.05) is 13.6 Å². The summed E-state index contributed by atoms with van der Waals surface area (Å²) in [5.41, 5.74) is 5.25. The molecule has 0 spiro atoms. The van der Waals surface area contributed by atoms with Crippen molar-refractivity contribution in [3.8, 4) is 0 Å². The minimum Gasteiger partial charge on any atom is -0.394 e. The van der Waals surface area contributed by atoms with Crippen LogP contribution in [0.25, 0.3) is 0 Å². The fourth-order valence-electron chi connectivity index (χ4n) is 0.517. The molecular weight excluding hydrogens is 132 g/mol. The number of rotatable bonds is 3. The number of amides is 1. The van der Waals surface area contributed by atoms with Crippen LogP contribution in [0.1, 0.15) is 6.92 Å². The van der Waals surface area contributed by atoms with E-state index in [0.717, 1.165) is 0 Å². The van der Waals surface area contributed by atoms with Crippen LogP contribution in [0.5, 0.6) is 0 Å². The van der Waals surface area contributed by atoms with E-state index in [1.54, 1.807) is 7.05 Å². The van der Waals surface area contributed by atoms with Crippen LogP contribution in [-0.2, 0) is 4.79 Å². The van der Waals surface area contributed by atoms with Crippen LogP contribution in [0.4, 0.5) is 0 Å². The van der Waals surface area contributed by atoms with Crippen molar-refractivity contribution in [2.24, 2.45) is 5.73 Å². The molecule has 0 saturated carbocycles. The number of aliphatic hydroxyl groups excluding tert-OH is 1. The molecule has 0 fully saturated rings. The number of carbonyl (C=O) groups is 1. The van der Waals surface area contributed by atoms with Crippen molar-refractivity contribution in [3.05, 3.63) is 0 Å². The first-order valence-corrected chi connectivity index (χ1v) is 3.24. The van der Waals surface area contributed by atoms with Gasteiger partial charge in [-0.25, -0.2) is 0 Å². The number of nitrogens with two attached hydrogens (primary N) is 1. The van der Waals surface area contributed by atoms with Crippen molar-refractivity contribution in [3.63, 3.8) is 0 Å². The second-order valence-corrected chi connectivity index (χ2v) is 2.14. The van der Waals surface area contributed by atoms with Gasteiger partial charge in [-0.3, -0.25) is 4.79 Å². The van der Waals surface area contributed by atoms with E-state index >= 15 is 0 Å². The van der Waals surface area contributed by atoms with Gasteiger partial charge in [0.25, 0.3) is 0 Å². The number of hydrogen-bond acceptors (Lipinski definition) is 3. The zero-order chi connectivity index (χ0) is 8.15. The lowest BCUT2D eigenvalue weighted by Gasteiger charge is -2.17. The lowest BCUT2D eigenvalue weighted by Crippen LogP contribution is -2.43. The Hall–Kier alpha value is -0.610. The smallest absolute Gasteiger partial charge is 0.241 e. The molecular formula is C6H14N2O2. The van der Waals surface area contributed by atoms with E-state index in [2.05, 4.69) is 0 Å². The Morgan fingerprint density at radius 2 is 2.30 bits per heavy atom. The highest BCUT2D eigenvalue weighted by Gasteiger charge is 2.14. The van der Waals surface area contributed by atoms with E-state index in [4.69, 9.17) is 10.8 Å². The maximum atomic E-state index is 10.9. The van der Waals surface area contributed by atoms with Crippen molar-refractivity contribution in [1.29, 1.82) is 0 Å². The molecule has 0 aromatic carbocycles. The summed E-state index contributed by atoms with van der Waals surface area (Å²) in [6, 6.07) is -0.759. The molecule has 10 heavy (non-hydrogen) atoms. The summed E-state index contributed by atoms with van der Waals surface area (Å²) in [4.78, 5) is 12.4. The maximum absolute atomic E-state index is 10.9. The summed E-state index contributed by atoms with van der Waals surface area (Å²) in [7, 11) is 1.65. The third-order valence-electron chi connectivity index (χ3n) is 1.36. The minimum absolute atomic E-state index is 0.218. The molecule has 0 bridgehead atoms. The van der Waals surface area contributed by atoms with Gasteiger partial charge in [-0.2, -0.15) is 0 Å². The van der Waals surface area contributed by atoms with Crippen LogP contribution in [0, 0.1) is 0 Å². The highest BCUT2D eigenvalue weighted by atomic mass is 16.3. The van der Waals surface area contributed by atoms with E-state index in [9.17, 15) is 4.79 Å². The van der Waals surface area contributed by atoms with Crippen molar-refractivity contribution < 1.29 is 9.90 Å². The standard InChI is InChI=1S/C6H14N2O2/c1-3-8(2)6(10)5(7)4-9/h5,9H,3-4,7H2,1-2H3. The first-order valence-electron chi connectivity index (χ1n) is 3.24. The quantitative estimate of drug-likeness (QED) is 0.524. The second kappa shape index (κ2) is 4.24. The number of likely N-dealkylation sites (N-methyl/N-ethyl adjacent to an activating group) is 1. The van der Waals surface area contributed by atoms with Gasteiger partial charge in [-0.1, -0.05) is 0 Å². The summed E-state index contributed by atoms with van der Waals surface area (Å²) in [6.45, 7) is 2.18. The van der Waals surface area contributed by atoms with Crippen LogP contribution in [0.15, 0.2) is 0 Å². The van der Waals surface area contributed by atoms with Gasteiger partial charge in [0.15, 0.2) is 0 Å². The average molecular weight is 146 g/mol. The number of hydrogen-bond donors (Lipinski definition) is 2. The third-order valence-corrected chi connectivity index (χ3v) is 1.36. The Bertz CT molecular complexity index is 104. The van der Waals surface area contributed by atoms with E-state index in [1.165, 1.54) is 4.90 Å². The summed E-state index contributed by atoms with van der Waals surface area (Å²) in [5.74, 6) is -0.218. The molecule has 4 heteroatoms. The molecule has 60 valence electrons. The predicted molar refractivity (Wildman–Crippen MR) is 38.4 cm³/mol. The monoisotopic (exact) mass is 146 g/mol. The molecule has 0 rings (SSSR count). The zero-order valence-electron chi connectivity index (χ0n) is 6.37. The molecule has 1 amide bonds. The highest BCUT2D eigenvalue weighted by molar-refractivity contribution is 5.81. The molecule has 0 aliphatic heterocycles. The number of aliphatic hydroxyl groups is 1. The molecule has 0 saturated heterocycles. The largest absolute Gasteiger partial charge is 0.394 e. The van der Waals surface area contributed by atoms with Gasteiger partial charge in [0.2, 0.25) is 5.91 Å². The number of carbonyl (C=O) groups excluding carboxylic acids is 1. The van der Waals surface area contributed by atoms with Crippen LogP contribution >= 0.6 is 0 Å². The van der Waals surface area contributed by atoms with Gasteiger partial charge in [0.05, 0.1) is 6.61 Å². The van der Waals surface area contributed by atoms with E-state index in [1.807, 2.05) is 6.92 Å². The fraction of sp³-hybridized carbons (Fsp3) is 0.833. The second-order valence-electron chi connectivity index (χ2n) is 2.14. The van der Waals surface area contributed by atoms with Crippen LogP contribution in [0.3, 0.4) is 0 Å². The van der Waals surface area contributed by atoms with Gasteiger partial charge < -0.3 is 15.7 Å². The van der Waals surface area contributed by atoms with E-state index in [0.29, 0.717) is 6.54 Å². The minimum atomic E-state index is -0.759. The van der Waals surface area contributed by atoms with Crippen LogP contribution in [0.2, 0.25) is 0 Å². The molecule has 4 nitrogen and oxygen atoms in total. The Morgan fingerprint density at radius 1 is 1.80 bits per heavy atom. The Morgan fingerprint density at radius 3 is 2.60 bits per heavy atom. The van der Waals surface area contributed by atoms with Gasteiger partial charge in [-0.05, 0) is 6.92 Å². The molecule has 0 aliphatic rings.